The first-order valence-corrected chi connectivity index (χ1v) is 8.25. The summed E-state index contributed by atoms with van der Waals surface area (Å²) in [5, 5.41) is 0. The molecule has 0 aromatic heterocycles. The fourth-order valence-electron chi connectivity index (χ4n) is 5.06. The van der Waals surface area contributed by atoms with Crippen LogP contribution in [0.25, 0.3) is 0 Å². The highest BCUT2D eigenvalue weighted by Gasteiger charge is 2.43. The molecule has 0 amide bonds. The smallest absolute Gasteiger partial charge is 0.0352 e. The largest absolute Gasteiger partial charge is 0.0625 e. The van der Waals surface area contributed by atoms with Crippen LogP contribution in [0, 0.1) is 35.5 Å². The minimum absolute atomic E-state index is 0.931. The van der Waals surface area contributed by atoms with Crippen molar-refractivity contribution < 1.29 is 0 Å². The van der Waals surface area contributed by atoms with Crippen LogP contribution in [0.4, 0.5) is 0 Å². The lowest BCUT2D eigenvalue weighted by molar-refractivity contribution is -0.00344. The van der Waals surface area contributed by atoms with Gasteiger partial charge in [0.2, 0.25) is 0 Å². The highest BCUT2D eigenvalue weighted by molar-refractivity contribution is 4.93. The van der Waals surface area contributed by atoms with Gasteiger partial charge in [0.05, 0.1) is 0 Å². The first kappa shape index (κ1) is 12.1. The van der Waals surface area contributed by atoms with Crippen molar-refractivity contribution in [1.82, 2.24) is 0 Å². The lowest BCUT2D eigenvalue weighted by Gasteiger charge is -2.50. The molecule has 0 aliphatic heterocycles. The van der Waals surface area contributed by atoms with Gasteiger partial charge in [-0.25, -0.2) is 0 Å². The molecule has 17 heavy (non-hydrogen) atoms. The Bertz CT molecular complexity index is 251. The van der Waals surface area contributed by atoms with Crippen molar-refractivity contribution in [1.29, 1.82) is 0 Å². The predicted molar refractivity (Wildman–Crippen MR) is 73.8 cm³/mol. The molecule has 4 atom stereocenters. The normalized spacial score (nSPS) is 43.2. The molecule has 3 fully saturated rings. The van der Waals surface area contributed by atoms with Crippen LogP contribution in [-0.4, -0.2) is 0 Å². The van der Waals surface area contributed by atoms with Crippen molar-refractivity contribution >= 4 is 0 Å². The molecular weight excluding hydrogens is 204 g/mol. The Morgan fingerprint density at radius 3 is 2.06 bits per heavy atom. The van der Waals surface area contributed by atoms with Gasteiger partial charge < -0.3 is 0 Å². The highest BCUT2D eigenvalue weighted by Crippen LogP contribution is 2.53. The van der Waals surface area contributed by atoms with E-state index in [1.165, 1.54) is 19.3 Å². The van der Waals surface area contributed by atoms with Crippen LogP contribution in [0.2, 0.25) is 0 Å². The maximum absolute atomic E-state index is 2.46. The van der Waals surface area contributed by atoms with E-state index >= 15 is 0 Å². The molecule has 0 aromatic rings. The predicted octanol–water partition coefficient (Wildman–Crippen LogP) is 5.28. The highest BCUT2D eigenvalue weighted by atomic mass is 14.5. The number of hydrogen-bond acceptors (Lipinski definition) is 0. The van der Waals surface area contributed by atoms with Gasteiger partial charge in [-0.1, -0.05) is 52.4 Å². The Balaban J connectivity index is 1.73. The van der Waals surface area contributed by atoms with Crippen LogP contribution in [0.15, 0.2) is 0 Å². The SMILES string of the molecule is CC(C)C1CC2CCCCC2C(C2CCC2)C1. The minimum atomic E-state index is 0.931. The molecule has 0 saturated heterocycles. The zero-order chi connectivity index (χ0) is 11.8. The van der Waals surface area contributed by atoms with E-state index in [0.717, 1.165) is 35.5 Å². The fourth-order valence-corrected chi connectivity index (χ4v) is 5.06. The van der Waals surface area contributed by atoms with Crippen molar-refractivity contribution in [3.8, 4) is 0 Å². The van der Waals surface area contributed by atoms with Gasteiger partial charge in [0.15, 0.2) is 0 Å². The molecule has 3 aliphatic carbocycles. The second-order valence-corrected chi connectivity index (χ2v) is 7.54. The van der Waals surface area contributed by atoms with E-state index < -0.39 is 0 Å². The van der Waals surface area contributed by atoms with E-state index in [0.29, 0.717) is 0 Å². The van der Waals surface area contributed by atoms with E-state index in [9.17, 15) is 0 Å². The Kier molecular flexibility index (Phi) is 3.50. The Hall–Kier alpha value is 0. The van der Waals surface area contributed by atoms with Crippen LogP contribution < -0.4 is 0 Å². The lowest BCUT2D eigenvalue weighted by atomic mass is 9.55. The van der Waals surface area contributed by atoms with Crippen molar-refractivity contribution in [2.75, 3.05) is 0 Å². The number of hydrogen-bond donors (Lipinski definition) is 0. The summed E-state index contributed by atoms with van der Waals surface area (Å²) in [4.78, 5) is 0. The van der Waals surface area contributed by atoms with E-state index in [4.69, 9.17) is 0 Å². The first-order valence-electron chi connectivity index (χ1n) is 8.25. The van der Waals surface area contributed by atoms with Gasteiger partial charge in [0.25, 0.3) is 0 Å². The van der Waals surface area contributed by atoms with E-state index in [1.807, 2.05) is 0 Å². The molecule has 0 N–H and O–H groups in total. The summed E-state index contributed by atoms with van der Waals surface area (Å²) in [7, 11) is 0. The summed E-state index contributed by atoms with van der Waals surface area (Å²) in [5.41, 5.74) is 0. The standard InChI is InChI=1S/C17H30/c1-12(2)15-10-14-6-3-4-9-16(14)17(11-15)13-7-5-8-13/h12-17H,3-11H2,1-2H3. The fraction of sp³-hybridized carbons (Fsp3) is 1.00. The Morgan fingerprint density at radius 1 is 0.706 bits per heavy atom. The molecule has 0 aromatic carbocycles. The van der Waals surface area contributed by atoms with Crippen LogP contribution in [0.5, 0.6) is 0 Å². The van der Waals surface area contributed by atoms with Crippen molar-refractivity contribution in [3.63, 3.8) is 0 Å². The average molecular weight is 234 g/mol. The van der Waals surface area contributed by atoms with Gasteiger partial charge in [-0.2, -0.15) is 0 Å². The number of fused-ring (bicyclic) bond motifs is 1. The Labute approximate surface area is 108 Å². The van der Waals surface area contributed by atoms with Crippen LogP contribution in [0.1, 0.15) is 71.6 Å². The third kappa shape index (κ3) is 2.29. The molecule has 0 heteroatoms. The van der Waals surface area contributed by atoms with Gasteiger partial charge >= 0.3 is 0 Å². The molecule has 4 unspecified atom stereocenters. The summed E-state index contributed by atoms with van der Waals surface area (Å²) >= 11 is 0. The zero-order valence-electron chi connectivity index (χ0n) is 11.8. The van der Waals surface area contributed by atoms with Gasteiger partial charge in [-0.05, 0) is 54.8 Å². The molecule has 3 aliphatic rings. The second kappa shape index (κ2) is 4.94. The average Bonchev–Trinajstić information content (AvgIpc) is 2.26. The monoisotopic (exact) mass is 234 g/mol. The van der Waals surface area contributed by atoms with E-state index in [1.54, 1.807) is 38.5 Å². The molecule has 0 bridgehead atoms. The van der Waals surface area contributed by atoms with Crippen molar-refractivity contribution in [2.24, 2.45) is 35.5 Å². The van der Waals surface area contributed by atoms with Gasteiger partial charge in [-0.15, -0.1) is 0 Å². The lowest BCUT2D eigenvalue weighted by Crippen LogP contribution is -2.41. The third-order valence-electron chi connectivity index (χ3n) is 6.40. The van der Waals surface area contributed by atoms with Gasteiger partial charge in [0.1, 0.15) is 0 Å². The van der Waals surface area contributed by atoms with E-state index in [2.05, 4.69) is 13.8 Å². The van der Waals surface area contributed by atoms with Crippen LogP contribution in [-0.2, 0) is 0 Å². The molecule has 0 spiro atoms. The van der Waals surface area contributed by atoms with Gasteiger partial charge in [0, 0.05) is 0 Å². The summed E-state index contributed by atoms with van der Waals surface area (Å²) < 4.78 is 0. The molecule has 98 valence electrons. The summed E-state index contributed by atoms with van der Waals surface area (Å²) in [6.07, 6.45) is 14.0. The molecule has 0 radical (unpaired) electrons. The molecule has 0 heterocycles. The van der Waals surface area contributed by atoms with Crippen molar-refractivity contribution in [2.45, 2.75) is 71.6 Å². The maximum atomic E-state index is 2.46. The molecule has 3 saturated carbocycles. The zero-order valence-corrected chi connectivity index (χ0v) is 11.8. The topological polar surface area (TPSA) is 0 Å². The van der Waals surface area contributed by atoms with Crippen LogP contribution >= 0.6 is 0 Å². The first-order chi connectivity index (χ1) is 8.25. The van der Waals surface area contributed by atoms with Gasteiger partial charge in [-0.3, -0.25) is 0 Å². The molecular formula is C17H30. The summed E-state index contributed by atoms with van der Waals surface area (Å²) in [6.45, 7) is 4.93. The van der Waals surface area contributed by atoms with E-state index in [-0.39, 0.29) is 0 Å². The van der Waals surface area contributed by atoms with Crippen LogP contribution in [0.3, 0.4) is 0 Å². The second-order valence-electron chi connectivity index (χ2n) is 7.54. The Morgan fingerprint density at radius 2 is 1.41 bits per heavy atom. The molecule has 3 rings (SSSR count). The summed E-state index contributed by atoms with van der Waals surface area (Å²) in [6, 6.07) is 0. The summed E-state index contributed by atoms with van der Waals surface area (Å²) in [5.74, 6) is 6.53. The minimum Gasteiger partial charge on any atom is -0.0625 e. The molecule has 0 nitrogen and oxygen atoms in total. The number of rotatable bonds is 2. The maximum Gasteiger partial charge on any atom is -0.0352 e. The third-order valence-corrected chi connectivity index (χ3v) is 6.40. The van der Waals surface area contributed by atoms with Crippen molar-refractivity contribution in [3.05, 3.63) is 0 Å². The quantitative estimate of drug-likeness (QED) is 0.610.